The lowest BCUT2D eigenvalue weighted by molar-refractivity contribution is -0.385. The predicted octanol–water partition coefficient (Wildman–Crippen LogP) is 3.37. The van der Waals surface area contributed by atoms with Crippen molar-refractivity contribution in [2.45, 2.75) is 0 Å². The van der Waals surface area contributed by atoms with E-state index in [1.807, 2.05) is 6.07 Å². The molecule has 100 valence electrons. The predicted molar refractivity (Wildman–Crippen MR) is 72.3 cm³/mol. The number of hydrogen-bond donors (Lipinski definition) is 0. The van der Waals surface area contributed by atoms with Gasteiger partial charge in [-0.3, -0.25) is 10.1 Å². The highest BCUT2D eigenvalue weighted by Crippen LogP contribution is 2.28. The second-order valence-corrected chi connectivity index (χ2v) is 4.14. The maximum absolute atomic E-state index is 13.4. The fraction of sp³-hybridized carbons (Fsp3) is 0.0714. The number of nitro benzene ring substituents is 1. The Kier molecular flexibility index (Phi) is 3.62. The largest absolute Gasteiger partial charge is 0.344 e. The van der Waals surface area contributed by atoms with Gasteiger partial charge in [-0.25, -0.2) is 4.39 Å². The molecule has 0 unspecified atom stereocenters. The number of non-ortho nitro benzene ring substituents is 1. The van der Waals surface area contributed by atoms with E-state index < -0.39 is 10.7 Å². The number of hydrogen-bond acceptors (Lipinski definition) is 4. The molecule has 0 spiro atoms. The van der Waals surface area contributed by atoms with Crippen molar-refractivity contribution < 1.29 is 9.31 Å². The summed E-state index contributed by atoms with van der Waals surface area (Å²) < 4.78 is 13.4. The van der Waals surface area contributed by atoms with E-state index in [4.69, 9.17) is 5.26 Å². The third kappa shape index (κ3) is 2.72. The molecule has 0 aliphatic carbocycles. The maximum Gasteiger partial charge on any atom is 0.274 e. The van der Waals surface area contributed by atoms with Crippen LogP contribution in [0.2, 0.25) is 0 Å². The average molecular weight is 271 g/mol. The molecule has 0 N–H and O–H groups in total. The van der Waals surface area contributed by atoms with E-state index >= 15 is 0 Å². The summed E-state index contributed by atoms with van der Waals surface area (Å²) in [6.07, 6.45) is 0. The van der Waals surface area contributed by atoms with Crippen molar-refractivity contribution in [1.82, 2.24) is 0 Å². The van der Waals surface area contributed by atoms with Gasteiger partial charge in [0, 0.05) is 18.8 Å². The van der Waals surface area contributed by atoms with Gasteiger partial charge in [0.1, 0.15) is 5.82 Å². The molecule has 0 bridgehead atoms. The lowest BCUT2D eigenvalue weighted by Crippen LogP contribution is -2.10. The minimum atomic E-state index is -0.672. The number of nitriles is 1. The molecule has 0 atom stereocenters. The molecule has 0 radical (unpaired) electrons. The Hall–Kier alpha value is -2.94. The third-order valence-electron chi connectivity index (χ3n) is 2.85. The molecule has 2 aromatic rings. The SMILES string of the molecule is CN(c1ccc(C#N)cc1)c1cc(F)cc([N+](=O)[O-])c1. The quantitative estimate of drug-likeness (QED) is 0.633. The summed E-state index contributed by atoms with van der Waals surface area (Å²) in [6, 6.07) is 12.0. The van der Waals surface area contributed by atoms with Crippen LogP contribution in [-0.4, -0.2) is 12.0 Å². The lowest BCUT2D eigenvalue weighted by Gasteiger charge is -2.19. The van der Waals surface area contributed by atoms with Gasteiger partial charge in [0.2, 0.25) is 0 Å². The monoisotopic (exact) mass is 271 g/mol. The number of nitrogens with zero attached hydrogens (tertiary/aromatic N) is 3. The van der Waals surface area contributed by atoms with Gasteiger partial charge in [0.15, 0.2) is 0 Å². The second kappa shape index (κ2) is 5.36. The number of benzene rings is 2. The number of anilines is 2. The highest BCUT2D eigenvalue weighted by atomic mass is 19.1. The molecule has 0 saturated heterocycles. The summed E-state index contributed by atoms with van der Waals surface area (Å²) in [4.78, 5) is 11.7. The first kappa shape index (κ1) is 13.5. The highest BCUT2D eigenvalue weighted by Gasteiger charge is 2.13. The Balaban J connectivity index is 2.39. The zero-order valence-corrected chi connectivity index (χ0v) is 10.6. The van der Waals surface area contributed by atoms with Crippen molar-refractivity contribution in [3.63, 3.8) is 0 Å². The van der Waals surface area contributed by atoms with Crippen LogP contribution in [-0.2, 0) is 0 Å². The summed E-state index contributed by atoms with van der Waals surface area (Å²) in [7, 11) is 1.67. The smallest absolute Gasteiger partial charge is 0.274 e. The fourth-order valence-electron chi connectivity index (χ4n) is 1.77. The maximum atomic E-state index is 13.4. The molecule has 0 heterocycles. The van der Waals surface area contributed by atoms with E-state index in [-0.39, 0.29) is 5.69 Å². The molecule has 0 aliphatic rings. The standard InChI is InChI=1S/C14H10FN3O2/c1-17(12-4-2-10(9-16)3-5-12)13-6-11(15)7-14(8-13)18(19)20/h2-8H,1H3. The molecule has 5 nitrogen and oxygen atoms in total. The molecular weight excluding hydrogens is 261 g/mol. The van der Waals surface area contributed by atoms with Crippen LogP contribution in [0, 0.1) is 27.3 Å². The fourth-order valence-corrected chi connectivity index (χ4v) is 1.77. The van der Waals surface area contributed by atoms with Crippen LogP contribution >= 0.6 is 0 Å². The van der Waals surface area contributed by atoms with Crippen molar-refractivity contribution in [2.24, 2.45) is 0 Å². The van der Waals surface area contributed by atoms with Gasteiger partial charge in [-0.15, -0.1) is 0 Å². The normalized spacial score (nSPS) is 9.85. The Morgan fingerprint density at radius 1 is 1.20 bits per heavy atom. The summed E-state index contributed by atoms with van der Waals surface area (Å²) in [5.74, 6) is -0.672. The molecule has 0 saturated carbocycles. The summed E-state index contributed by atoms with van der Waals surface area (Å²) >= 11 is 0. The highest BCUT2D eigenvalue weighted by molar-refractivity contribution is 5.65. The molecular formula is C14H10FN3O2. The zero-order valence-electron chi connectivity index (χ0n) is 10.6. The Morgan fingerprint density at radius 3 is 2.40 bits per heavy atom. The first-order valence-electron chi connectivity index (χ1n) is 5.70. The van der Waals surface area contributed by atoms with Gasteiger partial charge in [-0.2, -0.15) is 5.26 Å². The van der Waals surface area contributed by atoms with Gasteiger partial charge in [-0.1, -0.05) is 0 Å². The van der Waals surface area contributed by atoms with Gasteiger partial charge in [0.25, 0.3) is 5.69 Å². The van der Waals surface area contributed by atoms with Crippen LogP contribution in [0.1, 0.15) is 5.56 Å². The Bertz CT molecular complexity index is 693. The molecule has 2 aromatic carbocycles. The first-order valence-corrected chi connectivity index (χ1v) is 5.70. The van der Waals surface area contributed by atoms with Crippen LogP contribution in [0.5, 0.6) is 0 Å². The summed E-state index contributed by atoms with van der Waals surface area (Å²) in [5, 5.41) is 19.5. The minimum absolute atomic E-state index is 0.305. The van der Waals surface area contributed by atoms with Crippen LogP contribution < -0.4 is 4.90 Å². The molecule has 0 aliphatic heterocycles. The van der Waals surface area contributed by atoms with E-state index in [1.165, 1.54) is 12.1 Å². The molecule has 0 aromatic heterocycles. The van der Waals surface area contributed by atoms with E-state index in [0.29, 0.717) is 16.9 Å². The van der Waals surface area contributed by atoms with Crippen molar-refractivity contribution in [1.29, 1.82) is 5.26 Å². The van der Waals surface area contributed by atoms with Crippen LogP contribution in [0.3, 0.4) is 0 Å². The minimum Gasteiger partial charge on any atom is -0.344 e. The van der Waals surface area contributed by atoms with Gasteiger partial charge in [0.05, 0.1) is 28.3 Å². The Morgan fingerprint density at radius 2 is 1.85 bits per heavy atom. The van der Waals surface area contributed by atoms with Gasteiger partial charge >= 0.3 is 0 Å². The summed E-state index contributed by atoms with van der Waals surface area (Å²) in [5.41, 5.74) is 1.26. The zero-order chi connectivity index (χ0) is 14.7. The van der Waals surface area contributed by atoms with Crippen LogP contribution in [0.25, 0.3) is 0 Å². The van der Waals surface area contributed by atoms with Crippen LogP contribution in [0.15, 0.2) is 42.5 Å². The Labute approximate surface area is 114 Å². The molecule has 2 rings (SSSR count). The van der Waals surface area contributed by atoms with Gasteiger partial charge in [-0.05, 0) is 30.3 Å². The van der Waals surface area contributed by atoms with Gasteiger partial charge < -0.3 is 4.90 Å². The topological polar surface area (TPSA) is 70.2 Å². The lowest BCUT2D eigenvalue weighted by atomic mass is 10.2. The average Bonchev–Trinajstić information content (AvgIpc) is 2.46. The molecule has 6 heteroatoms. The third-order valence-corrected chi connectivity index (χ3v) is 2.85. The van der Waals surface area contributed by atoms with Crippen molar-refractivity contribution in [2.75, 3.05) is 11.9 Å². The first-order chi connectivity index (χ1) is 9.51. The number of nitro groups is 1. The van der Waals surface area contributed by atoms with E-state index in [9.17, 15) is 14.5 Å². The van der Waals surface area contributed by atoms with E-state index in [1.54, 1.807) is 36.2 Å². The van der Waals surface area contributed by atoms with Crippen molar-refractivity contribution >= 4 is 17.1 Å². The summed E-state index contributed by atoms with van der Waals surface area (Å²) in [6.45, 7) is 0. The van der Waals surface area contributed by atoms with Crippen LogP contribution in [0.4, 0.5) is 21.5 Å². The molecule has 0 fully saturated rings. The van der Waals surface area contributed by atoms with Crippen molar-refractivity contribution in [3.05, 3.63) is 64.0 Å². The number of rotatable bonds is 3. The van der Waals surface area contributed by atoms with E-state index in [2.05, 4.69) is 0 Å². The number of halogens is 1. The molecule has 20 heavy (non-hydrogen) atoms. The van der Waals surface area contributed by atoms with Crippen molar-refractivity contribution in [3.8, 4) is 6.07 Å². The second-order valence-electron chi connectivity index (χ2n) is 4.14. The molecule has 0 amide bonds. The van der Waals surface area contributed by atoms with E-state index in [0.717, 1.165) is 6.07 Å².